The van der Waals surface area contributed by atoms with Gasteiger partial charge >= 0.3 is 0 Å². The molecule has 0 aliphatic carbocycles. The second kappa shape index (κ2) is 6.12. The first-order valence-electron chi connectivity index (χ1n) is 7.95. The van der Waals surface area contributed by atoms with Crippen LogP contribution in [0.3, 0.4) is 0 Å². The quantitative estimate of drug-likeness (QED) is 0.547. The van der Waals surface area contributed by atoms with Crippen molar-refractivity contribution in [1.29, 1.82) is 0 Å². The first kappa shape index (κ1) is 15.4. The van der Waals surface area contributed by atoms with Crippen LogP contribution in [0.15, 0.2) is 53.9 Å². The molecule has 1 aliphatic rings. The minimum absolute atomic E-state index is 0.260. The molecule has 0 unspecified atom stereocenters. The molecule has 7 heteroatoms. The molecule has 2 aromatic carbocycles. The summed E-state index contributed by atoms with van der Waals surface area (Å²) in [6.07, 6.45) is 0. The van der Waals surface area contributed by atoms with E-state index in [0.29, 0.717) is 5.13 Å². The number of benzene rings is 2. The highest BCUT2D eigenvalue weighted by Gasteiger charge is 2.20. The number of anilines is 1. The van der Waals surface area contributed by atoms with Crippen molar-refractivity contribution in [2.24, 2.45) is 0 Å². The van der Waals surface area contributed by atoms with Gasteiger partial charge in [-0.3, -0.25) is 0 Å². The molecule has 0 saturated heterocycles. The maximum atomic E-state index is 5.80. The van der Waals surface area contributed by atoms with Gasteiger partial charge in [-0.1, -0.05) is 30.3 Å². The van der Waals surface area contributed by atoms with Crippen LogP contribution in [0, 0.1) is 0 Å². The molecule has 3 heterocycles. The molecule has 0 spiro atoms. The number of ether oxygens (including phenoxy) is 2. The zero-order valence-corrected chi connectivity index (χ0v) is 15.1. The van der Waals surface area contributed by atoms with Crippen molar-refractivity contribution in [3.63, 3.8) is 0 Å². The number of thiazole rings is 2. The molecule has 0 amide bonds. The first-order chi connectivity index (χ1) is 12.8. The lowest BCUT2D eigenvalue weighted by molar-refractivity contribution is 0.174. The largest absolute Gasteiger partial charge is 0.454 e. The predicted molar refractivity (Wildman–Crippen MR) is 105 cm³/mol. The summed E-state index contributed by atoms with van der Waals surface area (Å²) in [5.74, 6) is 1.53. The van der Waals surface area contributed by atoms with E-state index in [0.717, 1.165) is 43.9 Å². The predicted octanol–water partition coefficient (Wildman–Crippen LogP) is 4.91. The molecule has 26 heavy (non-hydrogen) atoms. The van der Waals surface area contributed by atoms with Gasteiger partial charge in [-0.2, -0.15) is 0 Å². The van der Waals surface area contributed by atoms with Gasteiger partial charge in [0, 0.05) is 10.9 Å². The highest BCUT2D eigenvalue weighted by molar-refractivity contribution is 7.19. The van der Waals surface area contributed by atoms with Crippen molar-refractivity contribution < 1.29 is 9.47 Å². The molecule has 0 bridgehead atoms. The zero-order valence-electron chi connectivity index (χ0n) is 13.5. The van der Waals surface area contributed by atoms with Crippen LogP contribution in [0.1, 0.15) is 0 Å². The normalized spacial score (nSPS) is 12.5. The maximum Gasteiger partial charge on any atom is 0.231 e. The summed E-state index contributed by atoms with van der Waals surface area (Å²) in [7, 11) is 0. The van der Waals surface area contributed by atoms with E-state index in [9.17, 15) is 0 Å². The third kappa shape index (κ3) is 2.61. The summed E-state index contributed by atoms with van der Waals surface area (Å²) in [6.45, 7) is 0.260. The van der Waals surface area contributed by atoms with E-state index >= 15 is 0 Å². The van der Waals surface area contributed by atoms with Crippen molar-refractivity contribution in [3.8, 4) is 43.9 Å². The molecule has 2 N–H and O–H groups in total. The molecular formula is C19H13N3O2S2. The lowest BCUT2D eigenvalue weighted by Gasteiger charge is -2.04. The molecule has 0 radical (unpaired) electrons. The summed E-state index contributed by atoms with van der Waals surface area (Å²) in [5, 5.41) is 3.33. The van der Waals surface area contributed by atoms with Gasteiger partial charge in [0.05, 0.1) is 10.6 Å². The molecule has 0 saturated carbocycles. The number of fused-ring (bicyclic) bond motifs is 1. The number of nitrogens with two attached hydrogens (primary N) is 1. The Morgan fingerprint density at radius 2 is 1.77 bits per heavy atom. The van der Waals surface area contributed by atoms with Gasteiger partial charge in [-0.15, -0.1) is 22.7 Å². The Morgan fingerprint density at radius 1 is 0.923 bits per heavy atom. The lowest BCUT2D eigenvalue weighted by Crippen LogP contribution is -1.92. The molecule has 0 atom stereocenters. The standard InChI is InChI=1S/C19H13N3O2S2/c20-19-21-13(9-25-19)18-22-16(11-4-2-1-3-5-11)17(26-18)12-6-7-14-15(8-12)24-10-23-14/h1-9H,10H2,(H2,20,21). The lowest BCUT2D eigenvalue weighted by atomic mass is 10.1. The van der Waals surface area contributed by atoms with Crippen molar-refractivity contribution in [3.05, 3.63) is 53.9 Å². The van der Waals surface area contributed by atoms with Gasteiger partial charge in [0.15, 0.2) is 16.6 Å². The van der Waals surface area contributed by atoms with Gasteiger partial charge < -0.3 is 15.2 Å². The second-order valence-electron chi connectivity index (χ2n) is 5.70. The third-order valence-electron chi connectivity index (χ3n) is 4.05. The number of hydrogen-bond donors (Lipinski definition) is 1. The first-order valence-corrected chi connectivity index (χ1v) is 9.65. The van der Waals surface area contributed by atoms with Crippen molar-refractivity contribution in [1.82, 2.24) is 9.97 Å². The average molecular weight is 379 g/mol. The van der Waals surface area contributed by atoms with Crippen LogP contribution in [-0.4, -0.2) is 16.8 Å². The van der Waals surface area contributed by atoms with Gasteiger partial charge in [-0.05, 0) is 23.8 Å². The molecular weight excluding hydrogens is 366 g/mol. The van der Waals surface area contributed by atoms with Crippen LogP contribution in [0.25, 0.3) is 32.4 Å². The van der Waals surface area contributed by atoms with Crippen LogP contribution in [0.5, 0.6) is 11.5 Å². The minimum Gasteiger partial charge on any atom is -0.454 e. The Kier molecular flexibility index (Phi) is 3.62. The van der Waals surface area contributed by atoms with Crippen LogP contribution >= 0.6 is 22.7 Å². The number of hydrogen-bond acceptors (Lipinski definition) is 7. The molecule has 0 fully saturated rings. The summed E-state index contributed by atoms with van der Waals surface area (Å²) < 4.78 is 11.0. The SMILES string of the molecule is Nc1nc(-c2nc(-c3ccccc3)c(-c3ccc4c(c3)OCO4)s2)cs1. The highest BCUT2D eigenvalue weighted by Crippen LogP contribution is 2.44. The van der Waals surface area contributed by atoms with Gasteiger partial charge in [-0.25, -0.2) is 9.97 Å². The van der Waals surface area contributed by atoms with E-state index in [1.165, 1.54) is 11.3 Å². The molecule has 4 aromatic rings. The Balaban J connectivity index is 1.69. The Hall–Kier alpha value is -2.90. The van der Waals surface area contributed by atoms with Gasteiger partial charge in [0.1, 0.15) is 10.7 Å². The summed E-state index contributed by atoms with van der Waals surface area (Å²) in [4.78, 5) is 10.3. The Morgan fingerprint density at radius 3 is 2.58 bits per heavy atom. The summed E-state index contributed by atoms with van der Waals surface area (Å²) in [6, 6.07) is 16.1. The second-order valence-corrected chi connectivity index (χ2v) is 7.59. The number of aromatic nitrogens is 2. The Labute approximate surface area is 157 Å². The number of nitrogens with zero attached hydrogens (tertiary/aromatic N) is 2. The topological polar surface area (TPSA) is 70.3 Å². The average Bonchev–Trinajstić information content (AvgIpc) is 3.40. The highest BCUT2D eigenvalue weighted by atomic mass is 32.1. The van der Waals surface area contributed by atoms with Crippen LogP contribution in [-0.2, 0) is 0 Å². The summed E-state index contributed by atoms with van der Waals surface area (Å²) in [5.41, 5.74) is 9.64. The van der Waals surface area contributed by atoms with E-state index < -0.39 is 0 Å². The monoisotopic (exact) mass is 379 g/mol. The van der Waals surface area contributed by atoms with E-state index in [-0.39, 0.29) is 6.79 Å². The van der Waals surface area contributed by atoms with E-state index in [2.05, 4.69) is 17.1 Å². The minimum atomic E-state index is 0.260. The number of rotatable bonds is 3. The molecule has 128 valence electrons. The van der Waals surface area contributed by atoms with Crippen molar-refractivity contribution in [2.75, 3.05) is 12.5 Å². The van der Waals surface area contributed by atoms with Gasteiger partial charge in [0.25, 0.3) is 0 Å². The summed E-state index contributed by atoms with van der Waals surface area (Å²) >= 11 is 3.02. The fourth-order valence-corrected chi connectivity index (χ4v) is 4.51. The third-order valence-corrected chi connectivity index (χ3v) is 5.85. The zero-order chi connectivity index (χ0) is 17.5. The van der Waals surface area contributed by atoms with Crippen LogP contribution in [0.4, 0.5) is 5.13 Å². The van der Waals surface area contributed by atoms with Gasteiger partial charge in [0.2, 0.25) is 6.79 Å². The van der Waals surface area contributed by atoms with E-state index in [1.807, 2.05) is 41.8 Å². The Bertz CT molecular complexity index is 1090. The fraction of sp³-hybridized carbons (Fsp3) is 0.0526. The van der Waals surface area contributed by atoms with Crippen molar-refractivity contribution in [2.45, 2.75) is 0 Å². The van der Waals surface area contributed by atoms with Crippen LogP contribution < -0.4 is 15.2 Å². The maximum absolute atomic E-state index is 5.80. The molecule has 2 aromatic heterocycles. The van der Waals surface area contributed by atoms with E-state index in [1.54, 1.807) is 11.3 Å². The van der Waals surface area contributed by atoms with E-state index in [4.69, 9.17) is 20.2 Å². The molecule has 1 aliphatic heterocycles. The molecule has 5 rings (SSSR count). The number of nitrogen functional groups attached to an aromatic ring is 1. The smallest absolute Gasteiger partial charge is 0.231 e. The molecule has 5 nitrogen and oxygen atoms in total. The van der Waals surface area contributed by atoms with Crippen LogP contribution in [0.2, 0.25) is 0 Å². The fourth-order valence-electron chi connectivity index (χ4n) is 2.84. The van der Waals surface area contributed by atoms with Crippen molar-refractivity contribution >= 4 is 27.8 Å².